The molecule has 1 amide bonds. The van der Waals surface area contributed by atoms with Crippen molar-refractivity contribution in [3.05, 3.63) is 58.8 Å². The summed E-state index contributed by atoms with van der Waals surface area (Å²) in [6.45, 7) is 0. The number of aromatic nitrogens is 2. The van der Waals surface area contributed by atoms with Crippen LogP contribution in [0, 0.1) is 0 Å². The van der Waals surface area contributed by atoms with E-state index in [0.29, 0.717) is 29.2 Å². The third kappa shape index (κ3) is 4.92. The van der Waals surface area contributed by atoms with Crippen LogP contribution in [0.3, 0.4) is 0 Å². The fraction of sp³-hybridized carbons (Fsp3) is 0.211. The third-order valence-corrected chi connectivity index (χ3v) is 7.40. The predicted molar refractivity (Wildman–Crippen MR) is 115 cm³/mol. The van der Waals surface area contributed by atoms with Crippen molar-refractivity contribution in [1.82, 2.24) is 9.97 Å². The van der Waals surface area contributed by atoms with E-state index in [-0.39, 0.29) is 22.7 Å². The summed E-state index contributed by atoms with van der Waals surface area (Å²) < 4.78 is 26.4. The van der Waals surface area contributed by atoms with Gasteiger partial charge in [-0.05, 0) is 36.6 Å². The van der Waals surface area contributed by atoms with E-state index in [2.05, 4.69) is 20.0 Å². The molecule has 0 bridgehead atoms. The molecule has 0 radical (unpaired) electrons. The van der Waals surface area contributed by atoms with Crippen molar-refractivity contribution >= 4 is 49.7 Å². The Bertz CT molecular complexity index is 1150. The van der Waals surface area contributed by atoms with E-state index in [1.54, 1.807) is 29.9 Å². The minimum atomic E-state index is -3.36. The fourth-order valence-electron chi connectivity index (χ4n) is 2.71. The standard InChI is InChI=1S/C19H17ClN4O3S2/c20-16-8-12(13-2-1-7-21-10-13)3-6-17(16)23-18(25)9-14-11-28-19(22-14)24-29(26,27)15-4-5-15/h1-3,6-8,10-11,15H,4-5,9H2,(H,22,24)(H,23,25). The van der Waals surface area contributed by atoms with E-state index >= 15 is 0 Å². The van der Waals surface area contributed by atoms with Crippen LogP contribution in [-0.4, -0.2) is 29.5 Å². The number of thiazole rings is 1. The van der Waals surface area contributed by atoms with Gasteiger partial charge in [-0.1, -0.05) is 23.7 Å². The number of carbonyl (C=O) groups is 1. The molecule has 1 saturated carbocycles. The van der Waals surface area contributed by atoms with Crippen molar-refractivity contribution in [1.29, 1.82) is 0 Å². The molecule has 1 aliphatic carbocycles. The Morgan fingerprint density at radius 3 is 2.76 bits per heavy atom. The first-order valence-electron chi connectivity index (χ1n) is 8.86. The van der Waals surface area contributed by atoms with Crippen molar-refractivity contribution in [2.45, 2.75) is 24.5 Å². The number of nitrogens with one attached hydrogen (secondary N) is 2. The largest absolute Gasteiger partial charge is 0.324 e. The average molecular weight is 449 g/mol. The van der Waals surface area contributed by atoms with E-state index in [9.17, 15) is 13.2 Å². The number of halogens is 1. The van der Waals surface area contributed by atoms with Gasteiger partial charge in [-0.25, -0.2) is 13.4 Å². The maximum absolute atomic E-state index is 12.3. The van der Waals surface area contributed by atoms with Crippen LogP contribution in [0.2, 0.25) is 5.02 Å². The van der Waals surface area contributed by atoms with Gasteiger partial charge in [0.05, 0.1) is 28.1 Å². The second-order valence-corrected chi connectivity index (χ2v) is 9.88. The first-order valence-corrected chi connectivity index (χ1v) is 11.7. The van der Waals surface area contributed by atoms with Gasteiger partial charge in [-0.3, -0.25) is 14.5 Å². The lowest BCUT2D eigenvalue weighted by Gasteiger charge is -2.09. The summed E-state index contributed by atoms with van der Waals surface area (Å²) in [6, 6.07) is 9.12. The monoisotopic (exact) mass is 448 g/mol. The number of amides is 1. The Kier molecular flexibility index (Phi) is 5.53. The molecule has 0 saturated heterocycles. The molecule has 29 heavy (non-hydrogen) atoms. The summed E-state index contributed by atoms with van der Waals surface area (Å²) >= 11 is 7.47. The molecule has 150 valence electrons. The molecule has 7 nitrogen and oxygen atoms in total. The summed E-state index contributed by atoms with van der Waals surface area (Å²) in [5.41, 5.74) is 2.81. The Morgan fingerprint density at radius 1 is 1.24 bits per heavy atom. The number of anilines is 2. The van der Waals surface area contributed by atoms with E-state index in [1.807, 2.05) is 18.2 Å². The highest BCUT2D eigenvalue weighted by atomic mass is 35.5. The SMILES string of the molecule is O=C(Cc1csc(NS(=O)(=O)C2CC2)n1)Nc1ccc(-c2cccnc2)cc1Cl. The molecule has 4 rings (SSSR count). The maximum Gasteiger partial charge on any atom is 0.237 e. The quantitative estimate of drug-likeness (QED) is 0.570. The minimum absolute atomic E-state index is 0.0162. The third-order valence-electron chi connectivity index (χ3n) is 4.32. The van der Waals surface area contributed by atoms with Gasteiger partial charge in [-0.2, -0.15) is 0 Å². The topological polar surface area (TPSA) is 101 Å². The van der Waals surface area contributed by atoms with Crippen molar-refractivity contribution < 1.29 is 13.2 Å². The summed E-state index contributed by atoms with van der Waals surface area (Å²) in [5.74, 6) is -0.289. The van der Waals surface area contributed by atoms with Crippen molar-refractivity contribution in [2.24, 2.45) is 0 Å². The lowest BCUT2D eigenvalue weighted by Crippen LogP contribution is -2.17. The summed E-state index contributed by atoms with van der Waals surface area (Å²) in [4.78, 5) is 20.6. The molecule has 1 fully saturated rings. The van der Waals surface area contributed by atoms with E-state index in [0.717, 1.165) is 22.5 Å². The molecular weight excluding hydrogens is 432 g/mol. The smallest absolute Gasteiger partial charge is 0.237 e. The molecule has 10 heteroatoms. The Labute approximate surface area is 177 Å². The number of hydrogen-bond donors (Lipinski definition) is 2. The number of pyridine rings is 1. The first-order chi connectivity index (χ1) is 13.9. The zero-order valence-corrected chi connectivity index (χ0v) is 17.5. The number of sulfonamides is 1. The Balaban J connectivity index is 1.39. The molecule has 1 aliphatic rings. The van der Waals surface area contributed by atoms with Crippen LogP contribution in [-0.2, 0) is 21.2 Å². The highest BCUT2D eigenvalue weighted by molar-refractivity contribution is 7.93. The van der Waals surface area contributed by atoms with Gasteiger partial charge in [0.1, 0.15) is 0 Å². The van der Waals surface area contributed by atoms with Crippen LogP contribution < -0.4 is 10.0 Å². The Morgan fingerprint density at radius 2 is 2.07 bits per heavy atom. The molecule has 2 heterocycles. The van der Waals surface area contributed by atoms with Crippen LogP contribution in [0.5, 0.6) is 0 Å². The van der Waals surface area contributed by atoms with Gasteiger partial charge in [0.2, 0.25) is 15.9 Å². The predicted octanol–water partition coefficient (Wildman–Crippen LogP) is 3.94. The number of carbonyl (C=O) groups excluding carboxylic acids is 1. The highest BCUT2D eigenvalue weighted by Gasteiger charge is 2.36. The van der Waals surface area contributed by atoms with Crippen LogP contribution in [0.1, 0.15) is 18.5 Å². The zero-order chi connectivity index (χ0) is 20.4. The molecule has 2 aromatic heterocycles. The van der Waals surface area contributed by atoms with E-state index in [1.165, 1.54) is 0 Å². The second kappa shape index (κ2) is 8.10. The first kappa shape index (κ1) is 19.8. The lowest BCUT2D eigenvalue weighted by atomic mass is 10.1. The minimum Gasteiger partial charge on any atom is -0.324 e. The van der Waals surface area contributed by atoms with Gasteiger partial charge in [0, 0.05) is 23.3 Å². The molecule has 0 atom stereocenters. The second-order valence-electron chi connectivity index (χ2n) is 6.65. The van der Waals surface area contributed by atoms with Gasteiger partial charge in [0.25, 0.3) is 0 Å². The summed E-state index contributed by atoms with van der Waals surface area (Å²) in [7, 11) is -3.36. The van der Waals surface area contributed by atoms with Gasteiger partial charge < -0.3 is 5.32 Å². The number of rotatable bonds is 7. The number of benzene rings is 1. The molecule has 1 aromatic carbocycles. The maximum atomic E-state index is 12.3. The molecule has 3 aromatic rings. The van der Waals surface area contributed by atoms with Crippen LogP contribution >= 0.6 is 22.9 Å². The summed E-state index contributed by atoms with van der Waals surface area (Å²) in [6.07, 6.45) is 4.80. The van der Waals surface area contributed by atoms with Crippen molar-refractivity contribution in [3.63, 3.8) is 0 Å². The molecule has 0 unspecified atom stereocenters. The van der Waals surface area contributed by atoms with E-state index < -0.39 is 10.0 Å². The molecular formula is C19H17ClN4O3S2. The summed E-state index contributed by atoms with van der Waals surface area (Å²) in [5, 5.41) is 4.79. The molecule has 0 aliphatic heterocycles. The highest BCUT2D eigenvalue weighted by Crippen LogP contribution is 2.31. The molecule has 2 N–H and O–H groups in total. The average Bonchev–Trinajstić information content (AvgIpc) is 3.47. The van der Waals surface area contributed by atoms with Crippen molar-refractivity contribution in [2.75, 3.05) is 10.0 Å². The van der Waals surface area contributed by atoms with Gasteiger partial charge >= 0.3 is 0 Å². The van der Waals surface area contributed by atoms with E-state index in [4.69, 9.17) is 11.6 Å². The number of nitrogens with zero attached hydrogens (tertiary/aromatic N) is 2. The van der Waals surface area contributed by atoms with Crippen LogP contribution in [0.4, 0.5) is 10.8 Å². The van der Waals surface area contributed by atoms with Crippen LogP contribution in [0.15, 0.2) is 48.1 Å². The molecule has 0 spiro atoms. The van der Waals surface area contributed by atoms with Crippen molar-refractivity contribution in [3.8, 4) is 11.1 Å². The van der Waals surface area contributed by atoms with Gasteiger partial charge in [0.15, 0.2) is 5.13 Å². The normalized spacial score (nSPS) is 13.8. The van der Waals surface area contributed by atoms with Crippen LogP contribution in [0.25, 0.3) is 11.1 Å². The number of hydrogen-bond acceptors (Lipinski definition) is 6. The fourth-order valence-corrected chi connectivity index (χ4v) is 5.24. The zero-order valence-electron chi connectivity index (χ0n) is 15.1. The van der Waals surface area contributed by atoms with Gasteiger partial charge in [-0.15, -0.1) is 11.3 Å². The Hall–Kier alpha value is -2.49. The lowest BCUT2D eigenvalue weighted by molar-refractivity contribution is -0.115.